The normalized spacial score (nSPS) is 15.5. The van der Waals surface area contributed by atoms with Crippen molar-refractivity contribution in [3.63, 3.8) is 0 Å². The summed E-state index contributed by atoms with van der Waals surface area (Å²) in [5.41, 5.74) is 0.969. The van der Waals surface area contributed by atoms with Gasteiger partial charge in [0.15, 0.2) is 0 Å². The van der Waals surface area contributed by atoms with Gasteiger partial charge in [-0.3, -0.25) is 4.79 Å². The van der Waals surface area contributed by atoms with Crippen LogP contribution in [0.4, 0.5) is 18.9 Å². The molecule has 0 aliphatic carbocycles. The van der Waals surface area contributed by atoms with Gasteiger partial charge in [0, 0.05) is 5.56 Å². The number of carbonyl (C=O) groups excluding carboxylic acids is 1. The zero-order chi connectivity index (χ0) is 22.9. The minimum absolute atomic E-state index is 0.234. The van der Waals surface area contributed by atoms with E-state index in [1.807, 2.05) is 25.1 Å². The summed E-state index contributed by atoms with van der Waals surface area (Å²) in [6, 6.07) is 15.8. The lowest BCUT2D eigenvalue weighted by Gasteiger charge is -2.10. The molecule has 32 heavy (non-hydrogen) atoms. The molecule has 1 amide bonds. The van der Waals surface area contributed by atoms with E-state index in [2.05, 4.69) is 5.10 Å². The van der Waals surface area contributed by atoms with E-state index in [9.17, 15) is 18.0 Å². The van der Waals surface area contributed by atoms with Gasteiger partial charge in [0.1, 0.15) is 11.5 Å². The first kappa shape index (κ1) is 21.9. The molecule has 0 fully saturated rings. The lowest BCUT2D eigenvalue weighted by Crippen LogP contribution is -2.21. The van der Waals surface area contributed by atoms with Gasteiger partial charge in [-0.2, -0.15) is 23.3 Å². The molecule has 0 saturated carbocycles. The van der Waals surface area contributed by atoms with E-state index in [-0.39, 0.29) is 22.3 Å². The molecule has 164 valence electrons. The second-order valence-corrected chi connectivity index (χ2v) is 7.61. The molecular formula is C24H18ClF3N2O2. The van der Waals surface area contributed by atoms with Gasteiger partial charge in [0.25, 0.3) is 5.91 Å². The summed E-state index contributed by atoms with van der Waals surface area (Å²) in [7, 11) is 0. The van der Waals surface area contributed by atoms with E-state index in [0.29, 0.717) is 29.2 Å². The maximum absolute atomic E-state index is 13.2. The smallest absolute Gasteiger partial charge is 0.417 e. The van der Waals surface area contributed by atoms with Crippen LogP contribution in [0.3, 0.4) is 0 Å². The molecule has 3 aromatic rings. The van der Waals surface area contributed by atoms with Crippen LogP contribution in [0.5, 0.6) is 0 Å². The fraction of sp³-hybridized carbons (Fsp3) is 0.167. The standard InChI is InChI=1S/C24H18ClF3N2O2/c1-2-6-21-18(23(31)30(29-21)16-7-4-3-5-8-16)14-17-10-12-22(32-17)15-9-11-20(25)19(13-15)24(26,27)28/h3-5,7-14H,2,6H2,1H3/b18-14-. The number of amides is 1. The molecule has 0 spiro atoms. The number of hydrogen-bond acceptors (Lipinski definition) is 3. The average molecular weight is 459 g/mol. The minimum Gasteiger partial charge on any atom is -0.457 e. The van der Waals surface area contributed by atoms with E-state index >= 15 is 0 Å². The molecule has 0 radical (unpaired) electrons. The van der Waals surface area contributed by atoms with Crippen molar-refractivity contribution in [2.75, 3.05) is 5.01 Å². The van der Waals surface area contributed by atoms with Crippen molar-refractivity contribution in [2.45, 2.75) is 25.9 Å². The van der Waals surface area contributed by atoms with E-state index < -0.39 is 11.7 Å². The van der Waals surface area contributed by atoms with Gasteiger partial charge in [0.2, 0.25) is 0 Å². The molecule has 8 heteroatoms. The van der Waals surface area contributed by atoms with E-state index in [4.69, 9.17) is 16.0 Å². The molecule has 1 aromatic heterocycles. The van der Waals surface area contributed by atoms with Crippen molar-refractivity contribution in [1.29, 1.82) is 0 Å². The van der Waals surface area contributed by atoms with E-state index in [0.717, 1.165) is 12.5 Å². The van der Waals surface area contributed by atoms with E-state index in [1.54, 1.807) is 30.3 Å². The zero-order valence-electron chi connectivity index (χ0n) is 17.0. The monoisotopic (exact) mass is 458 g/mol. The van der Waals surface area contributed by atoms with Crippen LogP contribution in [0.2, 0.25) is 5.02 Å². The third-order valence-electron chi connectivity index (χ3n) is 4.91. The highest BCUT2D eigenvalue weighted by atomic mass is 35.5. The lowest BCUT2D eigenvalue weighted by atomic mass is 10.1. The summed E-state index contributed by atoms with van der Waals surface area (Å²) in [6.07, 6.45) is -1.61. The lowest BCUT2D eigenvalue weighted by molar-refractivity contribution is -0.137. The third-order valence-corrected chi connectivity index (χ3v) is 5.24. The van der Waals surface area contributed by atoms with Crippen molar-refractivity contribution in [3.05, 3.63) is 82.6 Å². The predicted octanol–water partition coefficient (Wildman–Crippen LogP) is 7.21. The van der Waals surface area contributed by atoms with Crippen LogP contribution in [0, 0.1) is 0 Å². The van der Waals surface area contributed by atoms with Gasteiger partial charge in [0.05, 0.1) is 27.6 Å². The predicted molar refractivity (Wildman–Crippen MR) is 118 cm³/mol. The second-order valence-electron chi connectivity index (χ2n) is 7.20. The third kappa shape index (κ3) is 4.34. The first-order chi connectivity index (χ1) is 15.3. The summed E-state index contributed by atoms with van der Waals surface area (Å²) in [6.45, 7) is 1.99. The van der Waals surface area contributed by atoms with Crippen LogP contribution in [-0.2, 0) is 11.0 Å². The summed E-state index contributed by atoms with van der Waals surface area (Å²) < 4.78 is 45.3. The average Bonchev–Trinajstić information content (AvgIpc) is 3.35. The largest absolute Gasteiger partial charge is 0.457 e. The van der Waals surface area contributed by atoms with Crippen LogP contribution < -0.4 is 5.01 Å². The second kappa shape index (κ2) is 8.67. The first-order valence-electron chi connectivity index (χ1n) is 9.94. The van der Waals surface area contributed by atoms with Gasteiger partial charge in [-0.1, -0.05) is 43.1 Å². The fourth-order valence-corrected chi connectivity index (χ4v) is 3.62. The van der Waals surface area contributed by atoms with Crippen molar-refractivity contribution in [1.82, 2.24) is 0 Å². The molecule has 1 aliphatic rings. The van der Waals surface area contributed by atoms with Gasteiger partial charge >= 0.3 is 6.18 Å². The number of alkyl halides is 3. The Bertz CT molecular complexity index is 1210. The van der Waals surface area contributed by atoms with Crippen LogP contribution in [0.1, 0.15) is 31.1 Å². The Balaban J connectivity index is 1.67. The Morgan fingerprint density at radius 1 is 1.09 bits per heavy atom. The number of carbonyl (C=O) groups is 1. The number of nitrogens with zero attached hydrogens (tertiary/aromatic N) is 2. The number of halogens is 4. The Kier molecular flexibility index (Phi) is 5.93. The highest BCUT2D eigenvalue weighted by Gasteiger charge is 2.34. The number of furan rings is 1. The molecule has 1 aliphatic heterocycles. The Morgan fingerprint density at radius 2 is 1.84 bits per heavy atom. The number of hydrogen-bond donors (Lipinski definition) is 0. The minimum atomic E-state index is -4.58. The molecule has 2 heterocycles. The summed E-state index contributed by atoms with van der Waals surface area (Å²) in [5, 5.41) is 5.43. The van der Waals surface area contributed by atoms with Gasteiger partial charge in [-0.05, 0) is 55.0 Å². The number of para-hydroxylation sites is 1. The topological polar surface area (TPSA) is 45.8 Å². The van der Waals surface area contributed by atoms with Gasteiger partial charge in [-0.25, -0.2) is 0 Å². The molecule has 4 rings (SSSR count). The van der Waals surface area contributed by atoms with Crippen LogP contribution in [0.25, 0.3) is 17.4 Å². The van der Waals surface area contributed by atoms with Crippen molar-refractivity contribution < 1.29 is 22.4 Å². The number of benzene rings is 2. The molecule has 0 saturated heterocycles. The van der Waals surface area contributed by atoms with Crippen LogP contribution in [0.15, 0.2) is 75.8 Å². The molecule has 0 atom stereocenters. The maximum atomic E-state index is 13.2. The van der Waals surface area contributed by atoms with Crippen LogP contribution in [-0.4, -0.2) is 11.6 Å². The molecule has 0 bridgehead atoms. The molecule has 2 aromatic carbocycles. The fourth-order valence-electron chi connectivity index (χ4n) is 3.39. The highest BCUT2D eigenvalue weighted by molar-refractivity contribution is 6.32. The Hall–Kier alpha value is -3.32. The molecule has 0 unspecified atom stereocenters. The number of anilines is 1. The first-order valence-corrected chi connectivity index (χ1v) is 10.3. The van der Waals surface area contributed by atoms with Crippen molar-refractivity contribution in [2.24, 2.45) is 5.10 Å². The summed E-state index contributed by atoms with van der Waals surface area (Å²) in [4.78, 5) is 13.0. The summed E-state index contributed by atoms with van der Waals surface area (Å²) in [5.74, 6) is 0.285. The number of rotatable bonds is 5. The quantitative estimate of drug-likeness (QED) is 0.379. The Morgan fingerprint density at radius 3 is 2.53 bits per heavy atom. The number of hydrazone groups is 1. The summed E-state index contributed by atoms with van der Waals surface area (Å²) >= 11 is 5.70. The van der Waals surface area contributed by atoms with Crippen molar-refractivity contribution >= 4 is 35.0 Å². The molecular weight excluding hydrogens is 441 g/mol. The van der Waals surface area contributed by atoms with Crippen LogP contribution >= 0.6 is 11.6 Å². The molecule has 0 N–H and O–H groups in total. The Labute approximate surface area is 187 Å². The van der Waals surface area contributed by atoms with E-state index in [1.165, 1.54) is 17.1 Å². The molecule has 4 nitrogen and oxygen atoms in total. The van der Waals surface area contributed by atoms with Crippen molar-refractivity contribution in [3.8, 4) is 11.3 Å². The SMILES string of the molecule is CCCC1=NN(c2ccccc2)C(=O)/C1=C\c1ccc(-c2ccc(Cl)c(C(F)(F)F)c2)o1. The zero-order valence-corrected chi connectivity index (χ0v) is 17.7. The van der Waals surface area contributed by atoms with Gasteiger partial charge < -0.3 is 4.42 Å². The van der Waals surface area contributed by atoms with Gasteiger partial charge in [-0.15, -0.1) is 0 Å². The maximum Gasteiger partial charge on any atom is 0.417 e. The highest BCUT2D eigenvalue weighted by Crippen LogP contribution is 2.37.